The molecule has 3 rings (SSSR count). The van der Waals surface area contributed by atoms with Crippen molar-refractivity contribution in [2.45, 2.75) is 6.61 Å². The highest BCUT2D eigenvalue weighted by Crippen LogP contribution is 2.27. The number of ether oxygens (including phenoxy) is 2. The van der Waals surface area contributed by atoms with Gasteiger partial charge >= 0.3 is 0 Å². The maximum absolute atomic E-state index is 12.0. The number of amides is 1. The fraction of sp³-hybridized carbons (Fsp3) is 0.0909. The first-order valence-corrected chi connectivity index (χ1v) is 10.4. The average Bonchev–Trinajstić information content (AvgIpc) is 2.73. The second-order valence-corrected chi connectivity index (χ2v) is 7.87. The Balaban J connectivity index is 1.56. The van der Waals surface area contributed by atoms with Crippen LogP contribution in [0.5, 0.6) is 11.5 Å². The molecule has 1 N–H and O–H groups in total. The molecule has 0 aliphatic heterocycles. The summed E-state index contributed by atoms with van der Waals surface area (Å²) in [5.74, 6) is 0.576. The lowest BCUT2D eigenvalue weighted by Gasteiger charge is -2.10. The van der Waals surface area contributed by atoms with Crippen molar-refractivity contribution in [3.05, 3.63) is 92.4 Å². The standard InChI is InChI=1S/C22H17BrCl2N2O3/c23-17-6-8-20(29-13-15-4-2-1-3-5-15)16(10-17)12-26-27-22(28)14-30-21-9-7-18(24)11-19(21)25/h1-12H,13-14H2,(H,27,28)/b26-12+. The summed E-state index contributed by atoms with van der Waals surface area (Å²) in [5.41, 5.74) is 4.18. The fourth-order valence-electron chi connectivity index (χ4n) is 2.43. The summed E-state index contributed by atoms with van der Waals surface area (Å²) in [6, 6.07) is 20.2. The van der Waals surface area contributed by atoms with Crippen molar-refractivity contribution in [1.82, 2.24) is 5.43 Å². The Labute approximate surface area is 192 Å². The van der Waals surface area contributed by atoms with Crippen LogP contribution in [0, 0.1) is 0 Å². The van der Waals surface area contributed by atoms with Gasteiger partial charge in [-0.25, -0.2) is 5.43 Å². The lowest BCUT2D eigenvalue weighted by Crippen LogP contribution is -2.24. The second kappa shape index (κ2) is 11.0. The molecule has 0 saturated heterocycles. The molecule has 0 bridgehead atoms. The zero-order chi connectivity index (χ0) is 21.3. The Bertz CT molecular complexity index is 1050. The Morgan fingerprint density at radius 1 is 1.00 bits per heavy atom. The number of carbonyl (C=O) groups is 1. The van der Waals surface area contributed by atoms with Gasteiger partial charge in [0.1, 0.15) is 18.1 Å². The van der Waals surface area contributed by atoms with Crippen LogP contribution >= 0.6 is 39.1 Å². The highest BCUT2D eigenvalue weighted by molar-refractivity contribution is 9.10. The fourth-order valence-corrected chi connectivity index (χ4v) is 3.27. The minimum atomic E-state index is -0.431. The van der Waals surface area contributed by atoms with Gasteiger partial charge in [0.15, 0.2) is 6.61 Å². The number of carbonyl (C=O) groups excluding carboxylic acids is 1. The zero-order valence-electron chi connectivity index (χ0n) is 15.6. The third-order valence-corrected chi connectivity index (χ3v) is 4.88. The first-order chi connectivity index (χ1) is 14.5. The highest BCUT2D eigenvalue weighted by atomic mass is 79.9. The summed E-state index contributed by atoms with van der Waals surface area (Å²) in [6.45, 7) is 0.180. The first kappa shape index (κ1) is 22.2. The summed E-state index contributed by atoms with van der Waals surface area (Å²) < 4.78 is 12.1. The maximum Gasteiger partial charge on any atom is 0.277 e. The van der Waals surface area contributed by atoms with Crippen molar-refractivity contribution in [2.75, 3.05) is 6.61 Å². The Hall–Kier alpha value is -2.54. The number of halogens is 3. The molecule has 0 saturated carbocycles. The molecular weight excluding hydrogens is 491 g/mol. The largest absolute Gasteiger partial charge is 0.488 e. The lowest BCUT2D eigenvalue weighted by atomic mass is 10.2. The van der Waals surface area contributed by atoms with Gasteiger partial charge < -0.3 is 9.47 Å². The number of nitrogens with zero attached hydrogens (tertiary/aromatic N) is 1. The van der Waals surface area contributed by atoms with Crippen LogP contribution in [0.3, 0.4) is 0 Å². The van der Waals surface area contributed by atoms with Gasteiger partial charge in [-0.2, -0.15) is 5.10 Å². The number of benzene rings is 3. The maximum atomic E-state index is 12.0. The van der Waals surface area contributed by atoms with Crippen LogP contribution in [0.25, 0.3) is 0 Å². The van der Waals surface area contributed by atoms with Gasteiger partial charge in [-0.05, 0) is 42.0 Å². The molecule has 0 radical (unpaired) electrons. The van der Waals surface area contributed by atoms with E-state index in [4.69, 9.17) is 32.7 Å². The third kappa shape index (κ3) is 6.76. The number of rotatable bonds is 8. The van der Waals surface area contributed by atoms with E-state index in [1.807, 2.05) is 48.5 Å². The molecule has 1 amide bonds. The van der Waals surface area contributed by atoms with E-state index in [-0.39, 0.29) is 6.61 Å². The summed E-state index contributed by atoms with van der Waals surface area (Å²) in [7, 11) is 0. The van der Waals surface area contributed by atoms with Gasteiger partial charge in [-0.15, -0.1) is 0 Å². The lowest BCUT2D eigenvalue weighted by molar-refractivity contribution is -0.123. The zero-order valence-corrected chi connectivity index (χ0v) is 18.7. The Morgan fingerprint density at radius 2 is 1.77 bits per heavy atom. The van der Waals surface area contributed by atoms with Gasteiger partial charge in [-0.3, -0.25) is 4.79 Å². The van der Waals surface area contributed by atoms with E-state index in [1.54, 1.807) is 18.2 Å². The number of hydrogen-bond acceptors (Lipinski definition) is 4. The molecule has 0 aromatic heterocycles. The number of nitrogens with one attached hydrogen (secondary N) is 1. The van der Waals surface area contributed by atoms with Crippen LogP contribution in [0.2, 0.25) is 10.0 Å². The van der Waals surface area contributed by atoms with E-state index in [0.29, 0.717) is 33.7 Å². The number of hydrazone groups is 1. The van der Waals surface area contributed by atoms with Crippen LogP contribution < -0.4 is 14.9 Å². The first-order valence-electron chi connectivity index (χ1n) is 8.87. The van der Waals surface area contributed by atoms with E-state index >= 15 is 0 Å². The molecular formula is C22H17BrCl2N2O3. The molecule has 30 heavy (non-hydrogen) atoms. The predicted molar refractivity (Wildman–Crippen MR) is 123 cm³/mol. The summed E-state index contributed by atoms with van der Waals surface area (Å²) >= 11 is 15.3. The molecule has 0 spiro atoms. The van der Waals surface area contributed by atoms with E-state index in [2.05, 4.69) is 26.5 Å². The van der Waals surface area contributed by atoms with E-state index in [9.17, 15) is 4.79 Å². The molecule has 5 nitrogen and oxygen atoms in total. The van der Waals surface area contributed by atoms with Crippen molar-refractivity contribution in [3.63, 3.8) is 0 Å². The van der Waals surface area contributed by atoms with Crippen molar-refractivity contribution in [2.24, 2.45) is 5.10 Å². The second-order valence-electron chi connectivity index (χ2n) is 6.11. The van der Waals surface area contributed by atoms with Crippen molar-refractivity contribution >= 4 is 51.3 Å². The van der Waals surface area contributed by atoms with Crippen molar-refractivity contribution in [1.29, 1.82) is 0 Å². The normalized spacial score (nSPS) is 10.8. The summed E-state index contributed by atoms with van der Waals surface area (Å²) in [4.78, 5) is 12.0. The van der Waals surface area contributed by atoms with Gasteiger partial charge in [0.25, 0.3) is 5.91 Å². The average molecular weight is 508 g/mol. The molecule has 0 aliphatic rings. The third-order valence-electron chi connectivity index (χ3n) is 3.85. The molecule has 0 atom stereocenters. The molecule has 3 aromatic rings. The summed E-state index contributed by atoms with van der Waals surface area (Å²) in [6.07, 6.45) is 1.51. The Kier molecular flexibility index (Phi) is 8.13. The molecule has 0 fully saturated rings. The van der Waals surface area contributed by atoms with Crippen LogP contribution in [-0.4, -0.2) is 18.7 Å². The molecule has 0 heterocycles. The minimum Gasteiger partial charge on any atom is -0.488 e. The quantitative estimate of drug-likeness (QED) is 0.306. The van der Waals surface area contributed by atoms with Crippen LogP contribution in [0.4, 0.5) is 0 Å². The van der Waals surface area contributed by atoms with Crippen molar-refractivity contribution in [3.8, 4) is 11.5 Å². The number of hydrogen-bond donors (Lipinski definition) is 1. The van der Waals surface area contributed by atoms with Crippen LogP contribution in [-0.2, 0) is 11.4 Å². The highest BCUT2D eigenvalue weighted by Gasteiger charge is 2.07. The SMILES string of the molecule is O=C(COc1ccc(Cl)cc1Cl)N/N=C/c1cc(Br)ccc1OCc1ccccc1. The monoisotopic (exact) mass is 506 g/mol. The predicted octanol–water partition coefficient (Wildman–Crippen LogP) is 5.86. The molecule has 3 aromatic carbocycles. The van der Waals surface area contributed by atoms with Gasteiger partial charge in [0, 0.05) is 15.1 Å². The van der Waals surface area contributed by atoms with E-state index in [1.165, 1.54) is 6.21 Å². The van der Waals surface area contributed by atoms with E-state index < -0.39 is 5.91 Å². The molecule has 8 heteroatoms. The van der Waals surface area contributed by atoms with Crippen molar-refractivity contribution < 1.29 is 14.3 Å². The van der Waals surface area contributed by atoms with E-state index in [0.717, 1.165) is 10.0 Å². The molecule has 154 valence electrons. The minimum absolute atomic E-state index is 0.242. The Morgan fingerprint density at radius 3 is 2.53 bits per heavy atom. The van der Waals surface area contributed by atoms with Gasteiger partial charge in [0.05, 0.1) is 11.2 Å². The van der Waals surface area contributed by atoms with Gasteiger partial charge in [-0.1, -0.05) is 69.5 Å². The smallest absolute Gasteiger partial charge is 0.277 e. The van der Waals surface area contributed by atoms with Crippen LogP contribution in [0.15, 0.2) is 76.3 Å². The topological polar surface area (TPSA) is 59.9 Å². The van der Waals surface area contributed by atoms with Gasteiger partial charge in [0.2, 0.25) is 0 Å². The molecule has 0 unspecified atom stereocenters. The summed E-state index contributed by atoms with van der Waals surface area (Å²) in [5, 5.41) is 4.80. The van der Waals surface area contributed by atoms with Crippen LogP contribution in [0.1, 0.15) is 11.1 Å². The molecule has 0 aliphatic carbocycles.